The molecule has 0 atom stereocenters. The first-order chi connectivity index (χ1) is 12.0. The van der Waals surface area contributed by atoms with Gasteiger partial charge >= 0.3 is 12.0 Å². The van der Waals surface area contributed by atoms with Crippen molar-refractivity contribution in [1.82, 2.24) is 20.6 Å². The fraction of sp³-hybridized carbons (Fsp3) is 0.533. The number of thioether (sulfide) groups is 1. The summed E-state index contributed by atoms with van der Waals surface area (Å²) in [6.45, 7) is 0. The summed E-state index contributed by atoms with van der Waals surface area (Å²) in [5.41, 5.74) is -0.187. The van der Waals surface area contributed by atoms with E-state index in [1.54, 1.807) is 0 Å². The lowest BCUT2D eigenvalue weighted by atomic mass is 10.2. The Morgan fingerprint density at radius 1 is 1.36 bits per heavy atom. The molecular formula is C15H20N4O5S. The Morgan fingerprint density at radius 2 is 2.08 bits per heavy atom. The molecule has 3 amide bonds. The van der Waals surface area contributed by atoms with Crippen molar-refractivity contribution in [2.45, 2.75) is 43.3 Å². The number of urea groups is 1. The summed E-state index contributed by atoms with van der Waals surface area (Å²) in [6, 6.07) is 0.794. The minimum Gasteiger partial charge on any atom is -0.469 e. The summed E-state index contributed by atoms with van der Waals surface area (Å²) < 4.78 is 4.52. The zero-order valence-electron chi connectivity index (χ0n) is 13.8. The SMILES string of the molecule is COC(=O)Cc1cc(=O)[nH]c(SCC(=O)NC(=O)NC2CCCC2)n1. The van der Waals surface area contributed by atoms with E-state index in [0.29, 0.717) is 0 Å². The molecule has 1 aliphatic rings. The molecule has 10 heteroatoms. The molecule has 3 N–H and O–H groups in total. The highest BCUT2D eigenvalue weighted by molar-refractivity contribution is 7.99. The molecule has 0 saturated heterocycles. The largest absolute Gasteiger partial charge is 0.469 e. The lowest BCUT2D eigenvalue weighted by Gasteiger charge is -2.12. The third kappa shape index (κ3) is 6.57. The van der Waals surface area contributed by atoms with Crippen LogP contribution in [0.1, 0.15) is 31.4 Å². The maximum absolute atomic E-state index is 11.8. The number of ether oxygens (including phenoxy) is 1. The molecule has 1 saturated carbocycles. The average Bonchev–Trinajstić information content (AvgIpc) is 3.05. The average molecular weight is 368 g/mol. The number of aromatic amines is 1. The Balaban J connectivity index is 1.83. The Morgan fingerprint density at radius 3 is 2.76 bits per heavy atom. The summed E-state index contributed by atoms with van der Waals surface area (Å²) in [7, 11) is 1.24. The van der Waals surface area contributed by atoms with Crippen LogP contribution in [0, 0.1) is 0 Å². The second-order valence-corrected chi connectivity index (χ2v) is 6.55. The van der Waals surface area contributed by atoms with Gasteiger partial charge in [0.05, 0.1) is 25.0 Å². The number of hydrogen-bond acceptors (Lipinski definition) is 7. The molecule has 136 valence electrons. The van der Waals surface area contributed by atoms with Crippen LogP contribution in [0.2, 0.25) is 0 Å². The number of nitrogens with one attached hydrogen (secondary N) is 3. The van der Waals surface area contributed by atoms with Gasteiger partial charge < -0.3 is 15.0 Å². The van der Waals surface area contributed by atoms with Crippen molar-refractivity contribution in [3.63, 3.8) is 0 Å². The summed E-state index contributed by atoms with van der Waals surface area (Å²) in [4.78, 5) is 52.9. The molecule has 0 aliphatic heterocycles. The van der Waals surface area contributed by atoms with Crippen LogP contribution in [-0.2, 0) is 20.7 Å². The minimum absolute atomic E-state index is 0.0945. The van der Waals surface area contributed by atoms with Crippen molar-refractivity contribution >= 4 is 29.7 Å². The molecule has 1 aromatic rings. The first-order valence-corrected chi connectivity index (χ1v) is 8.85. The number of nitrogens with zero attached hydrogens (tertiary/aromatic N) is 1. The van der Waals surface area contributed by atoms with E-state index in [1.807, 2.05) is 0 Å². The van der Waals surface area contributed by atoms with Gasteiger partial charge in [0, 0.05) is 12.1 Å². The Kier molecular flexibility index (Phi) is 6.99. The number of carbonyl (C=O) groups excluding carboxylic acids is 3. The molecule has 0 spiro atoms. The fourth-order valence-corrected chi connectivity index (χ4v) is 3.15. The summed E-state index contributed by atoms with van der Waals surface area (Å²) in [5.74, 6) is -1.11. The van der Waals surface area contributed by atoms with E-state index in [-0.39, 0.29) is 29.1 Å². The molecule has 1 fully saturated rings. The third-order valence-electron chi connectivity index (χ3n) is 3.61. The quantitative estimate of drug-likeness (QED) is 0.375. The van der Waals surface area contributed by atoms with Crippen molar-refractivity contribution in [2.24, 2.45) is 0 Å². The fourth-order valence-electron chi connectivity index (χ4n) is 2.45. The van der Waals surface area contributed by atoms with Gasteiger partial charge in [-0.25, -0.2) is 9.78 Å². The van der Waals surface area contributed by atoms with E-state index in [9.17, 15) is 19.2 Å². The molecule has 0 radical (unpaired) electrons. The van der Waals surface area contributed by atoms with Crippen molar-refractivity contribution < 1.29 is 19.1 Å². The van der Waals surface area contributed by atoms with Crippen molar-refractivity contribution in [3.8, 4) is 0 Å². The zero-order chi connectivity index (χ0) is 18.2. The van der Waals surface area contributed by atoms with E-state index in [1.165, 1.54) is 13.2 Å². The normalized spacial score (nSPS) is 14.1. The number of aromatic nitrogens is 2. The maximum atomic E-state index is 11.8. The predicted octanol–water partition coefficient (Wildman–Crippen LogP) is 0.346. The standard InChI is InChI=1S/C15H20N4O5S/c1-24-13(22)7-10-6-11(20)19-15(17-10)25-8-12(21)18-14(23)16-9-4-2-3-5-9/h6,9H,2-5,7-8H2,1H3,(H,17,19,20)(H2,16,18,21,23). The van der Waals surface area contributed by atoms with E-state index in [0.717, 1.165) is 37.4 Å². The van der Waals surface area contributed by atoms with Gasteiger partial charge in [-0.2, -0.15) is 0 Å². The van der Waals surface area contributed by atoms with E-state index < -0.39 is 23.5 Å². The van der Waals surface area contributed by atoms with E-state index in [4.69, 9.17) is 0 Å². The molecule has 0 aromatic carbocycles. The van der Waals surface area contributed by atoms with E-state index in [2.05, 4.69) is 25.3 Å². The van der Waals surface area contributed by atoms with Crippen LogP contribution in [0.4, 0.5) is 4.79 Å². The molecule has 0 bridgehead atoms. The van der Waals surface area contributed by atoms with Crippen molar-refractivity contribution in [1.29, 1.82) is 0 Å². The van der Waals surface area contributed by atoms with Crippen LogP contribution < -0.4 is 16.2 Å². The smallest absolute Gasteiger partial charge is 0.321 e. The van der Waals surface area contributed by atoms with Gasteiger partial charge in [0.25, 0.3) is 5.56 Å². The second kappa shape index (κ2) is 9.21. The van der Waals surface area contributed by atoms with Gasteiger partial charge in [-0.3, -0.25) is 19.7 Å². The highest BCUT2D eigenvalue weighted by atomic mass is 32.2. The topological polar surface area (TPSA) is 130 Å². The lowest BCUT2D eigenvalue weighted by Crippen LogP contribution is -2.44. The monoisotopic (exact) mass is 368 g/mol. The highest BCUT2D eigenvalue weighted by Crippen LogP contribution is 2.17. The second-order valence-electron chi connectivity index (χ2n) is 5.59. The minimum atomic E-state index is -0.518. The first-order valence-electron chi connectivity index (χ1n) is 7.86. The van der Waals surface area contributed by atoms with Crippen LogP contribution in [0.15, 0.2) is 16.0 Å². The molecule has 1 heterocycles. The number of imide groups is 1. The zero-order valence-corrected chi connectivity index (χ0v) is 14.6. The summed E-state index contributed by atoms with van der Waals surface area (Å²) in [6.07, 6.45) is 3.87. The van der Waals surface area contributed by atoms with Gasteiger partial charge in [-0.15, -0.1) is 0 Å². The molecule has 1 aromatic heterocycles. The van der Waals surface area contributed by atoms with Crippen LogP contribution >= 0.6 is 11.8 Å². The van der Waals surface area contributed by atoms with Gasteiger partial charge in [-0.1, -0.05) is 24.6 Å². The number of methoxy groups -OCH3 is 1. The first kappa shape index (κ1) is 19.0. The number of hydrogen-bond donors (Lipinski definition) is 3. The highest BCUT2D eigenvalue weighted by Gasteiger charge is 2.18. The molecular weight excluding hydrogens is 348 g/mol. The van der Waals surface area contributed by atoms with Gasteiger partial charge in [0.15, 0.2) is 5.16 Å². The lowest BCUT2D eigenvalue weighted by molar-refractivity contribution is -0.139. The van der Waals surface area contributed by atoms with Crippen LogP contribution in [0.3, 0.4) is 0 Å². The Hall–Kier alpha value is -2.36. The Bertz CT molecular complexity index is 699. The molecule has 9 nitrogen and oxygen atoms in total. The Labute approximate surface area is 148 Å². The summed E-state index contributed by atoms with van der Waals surface area (Å²) in [5, 5.41) is 5.19. The molecule has 0 unspecified atom stereocenters. The van der Waals surface area contributed by atoms with Crippen LogP contribution in [0.5, 0.6) is 0 Å². The number of amides is 3. The van der Waals surface area contributed by atoms with Crippen LogP contribution in [0.25, 0.3) is 0 Å². The van der Waals surface area contributed by atoms with Crippen molar-refractivity contribution in [2.75, 3.05) is 12.9 Å². The number of carbonyl (C=O) groups is 3. The maximum Gasteiger partial charge on any atom is 0.321 e. The van der Waals surface area contributed by atoms with E-state index >= 15 is 0 Å². The summed E-state index contributed by atoms with van der Waals surface area (Å²) >= 11 is 0.965. The predicted molar refractivity (Wildman–Crippen MR) is 90.2 cm³/mol. The van der Waals surface area contributed by atoms with Crippen LogP contribution in [-0.4, -0.2) is 46.8 Å². The molecule has 1 aliphatic carbocycles. The third-order valence-corrected chi connectivity index (χ3v) is 4.48. The van der Waals surface area contributed by atoms with Gasteiger partial charge in [0.1, 0.15) is 0 Å². The molecule has 2 rings (SSSR count). The number of H-pyrrole nitrogens is 1. The van der Waals surface area contributed by atoms with Gasteiger partial charge in [0.2, 0.25) is 5.91 Å². The van der Waals surface area contributed by atoms with Crippen molar-refractivity contribution in [3.05, 3.63) is 22.1 Å². The molecule has 25 heavy (non-hydrogen) atoms. The number of rotatable bonds is 6. The number of esters is 1. The van der Waals surface area contributed by atoms with Gasteiger partial charge in [-0.05, 0) is 12.8 Å².